The van der Waals surface area contributed by atoms with E-state index >= 15 is 0 Å². The van der Waals surface area contributed by atoms with Crippen LogP contribution in [0.5, 0.6) is 0 Å². The minimum atomic E-state index is -0.420. The van der Waals surface area contributed by atoms with Gasteiger partial charge >= 0.3 is 0 Å². The van der Waals surface area contributed by atoms with Gasteiger partial charge in [-0.05, 0) is 19.1 Å². The van der Waals surface area contributed by atoms with Crippen molar-refractivity contribution in [3.05, 3.63) is 34.6 Å². The summed E-state index contributed by atoms with van der Waals surface area (Å²) < 4.78 is 13.6. The van der Waals surface area contributed by atoms with Crippen molar-refractivity contribution in [2.75, 3.05) is 13.1 Å². The first-order valence-corrected chi connectivity index (χ1v) is 5.92. The summed E-state index contributed by atoms with van der Waals surface area (Å²) in [7, 11) is 0. The van der Waals surface area contributed by atoms with Gasteiger partial charge in [0, 0.05) is 23.7 Å². The smallest absolute Gasteiger partial charge is 0.226 e. The van der Waals surface area contributed by atoms with Crippen LogP contribution in [0, 0.1) is 11.7 Å². The van der Waals surface area contributed by atoms with Gasteiger partial charge in [-0.15, -0.1) is 12.4 Å². The Kier molecular flexibility index (Phi) is 5.38. The third kappa shape index (κ3) is 3.13. The summed E-state index contributed by atoms with van der Waals surface area (Å²) >= 11 is 5.93. The van der Waals surface area contributed by atoms with Gasteiger partial charge in [0.2, 0.25) is 5.91 Å². The van der Waals surface area contributed by atoms with Gasteiger partial charge in [0.05, 0.1) is 12.0 Å². The van der Waals surface area contributed by atoms with Crippen molar-refractivity contribution < 1.29 is 9.18 Å². The molecule has 100 valence electrons. The standard InChI is InChI=1S/C12H14ClFN2O.ClH/c1-7(16-12(17)8-5-15-6-8)11-9(13)3-2-4-10(11)14;/h2-4,7-8,15H,5-6H2,1H3,(H,16,17);1H. The number of halogens is 3. The van der Waals surface area contributed by atoms with Crippen molar-refractivity contribution >= 4 is 29.9 Å². The van der Waals surface area contributed by atoms with Crippen molar-refractivity contribution in [3.8, 4) is 0 Å². The number of carbonyl (C=O) groups excluding carboxylic acids is 1. The molecule has 1 amide bonds. The van der Waals surface area contributed by atoms with Gasteiger partial charge in [-0.2, -0.15) is 0 Å². The third-order valence-corrected chi connectivity index (χ3v) is 3.27. The van der Waals surface area contributed by atoms with Gasteiger partial charge in [-0.1, -0.05) is 17.7 Å². The number of rotatable bonds is 3. The molecular weight excluding hydrogens is 278 g/mol. The molecule has 0 aromatic heterocycles. The lowest BCUT2D eigenvalue weighted by Gasteiger charge is -2.27. The molecule has 1 aliphatic heterocycles. The third-order valence-electron chi connectivity index (χ3n) is 2.94. The average Bonchev–Trinajstić information content (AvgIpc) is 2.13. The fraction of sp³-hybridized carbons (Fsp3) is 0.417. The predicted molar refractivity (Wildman–Crippen MR) is 71.6 cm³/mol. The summed E-state index contributed by atoms with van der Waals surface area (Å²) in [5.41, 5.74) is 0.342. The molecule has 0 spiro atoms. The Bertz CT molecular complexity index is 418. The topological polar surface area (TPSA) is 41.1 Å². The minimum Gasteiger partial charge on any atom is -0.349 e. The molecule has 1 atom stereocenters. The quantitative estimate of drug-likeness (QED) is 0.898. The van der Waals surface area contributed by atoms with E-state index in [-0.39, 0.29) is 24.2 Å². The van der Waals surface area contributed by atoms with Crippen LogP contribution in [0.15, 0.2) is 18.2 Å². The first-order chi connectivity index (χ1) is 8.09. The van der Waals surface area contributed by atoms with Gasteiger partial charge in [0.25, 0.3) is 0 Å². The largest absolute Gasteiger partial charge is 0.349 e. The van der Waals surface area contributed by atoms with Crippen LogP contribution in [0.25, 0.3) is 0 Å². The molecule has 2 N–H and O–H groups in total. The summed E-state index contributed by atoms with van der Waals surface area (Å²) in [6.45, 7) is 3.10. The van der Waals surface area contributed by atoms with Crippen LogP contribution in [0.3, 0.4) is 0 Å². The zero-order valence-electron chi connectivity index (χ0n) is 9.87. The zero-order valence-corrected chi connectivity index (χ0v) is 11.4. The molecule has 2 rings (SSSR count). The predicted octanol–water partition coefficient (Wildman–Crippen LogP) is 2.30. The van der Waals surface area contributed by atoms with Crippen molar-refractivity contribution in [1.82, 2.24) is 10.6 Å². The first kappa shape index (κ1) is 15.2. The van der Waals surface area contributed by atoms with E-state index in [9.17, 15) is 9.18 Å². The molecule has 1 aliphatic rings. The lowest BCUT2D eigenvalue weighted by molar-refractivity contribution is -0.127. The number of hydrogen-bond acceptors (Lipinski definition) is 2. The van der Waals surface area contributed by atoms with Gasteiger partial charge < -0.3 is 10.6 Å². The Balaban J connectivity index is 0.00000162. The molecule has 6 heteroatoms. The normalized spacial score (nSPS) is 16.4. The van der Waals surface area contributed by atoms with Crippen molar-refractivity contribution in [1.29, 1.82) is 0 Å². The van der Waals surface area contributed by atoms with Crippen LogP contribution in [0.1, 0.15) is 18.5 Å². The highest BCUT2D eigenvalue weighted by atomic mass is 35.5. The maximum Gasteiger partial charge on any atom is 0.226 e. The second kappa shape index (κ2) is 6.36. The van der Waals surface area contributed by atoms with E-state index in [2.05, 4.69) is 10.6 Å². The van der Waals surface area contributed by atoms with Crippen molar-refractivity contribution in [2.45, 2.75) is 13.0 Å². The van der Waals surface area contributed by atoms with Crippen molar-refractivity contribution in [3.63, 3.8) is 0 Å². The molecule has 1 aromatic carbocycles. The van der Waals surface area contributed by atoms with Gasteiger partial charge in [0.15, 0.2) is 0 Å². The maximum atomic E-state index is 13.6. The fourth-order valence-corrected chi connectivity index (χ4v) is 2.13. The van der Waals surface area contributed by atoms with Crippen LogP contribution in [0.4, 0.5) is 4.39 Å². The molecule has 18 heavy (non-hydrogen) atoms. The summed E-state index contributed by atoms with van der Waals surface area (Å²) in [5.74, 6) is -0.462. The fourth-order valence-electron chi connectivity index (χ4n) is 1.80. The van der Waals surface area contributed by atoms with E-state index < -0.39 is 11.9 Å². The molecule has 0 aliphatic carbocycles. The molecule has 1 unspecified atom stereocenters. The Hall–Kier alpha value is -0.840. The van der Waals surface area contributed by atoms with Crippen LogP contribution in [0.2, 0.25) is 5.02 Å². The monoisotopic (exact) mass is 292 g/mol. The Morgan fingerprint density at radius 2 is 2.22 bits per heavy atom. The second-order valence-electron chi connectivity index (χ2n) is 4.22. The zero-order chi connectivity index (χ0) is 12.4. The highest BCUT2D eigenvalue weighted by molar-refractivity contribution is 6.31. The Morgan fingerprint density at radius 1 is 1.56 bits per heavy atom. The number of nitrogens with one attached hydrogen (secondary N) is 2. The Morgan fingerprint density at radius 3 is 2.72 bits per heavy atom. The van der Waals surface area contributed by atoms with Crippen LogP contribution in [-0.2, 0) is 4.79 Å². The highest BCUT2D eigenvalue weighted by Gasteiger charge is 2.27. The van der Waals surface area contributed by atoms with E-state index in [0.29, 0.717) is 23.7 Å². The van der Waals surface area contributed by atoms with Gasteiger partial charge in [-0.25, -0.2) is 4.39 Å². The average molecular weight is 293 g/mol. The summed E-state index contributed by atoms with van der Waals surface area (Å²) in [6, 6.07) is 4.09. The number of carbonyl (C=O) groups is 1. The molecule has 0 saturated carbocycles. The highest BCUT2D eigenvalue weighted by Crippen LogP contribution is 2.25. The number of benzene rings is 1. The summed E-state index contributed by atoms with van der Waals surface area (Å²) in [6.07, 6.45) is 0. The van der Waals surface area contributed by atoms with Gasteiger partial charge in [-0.3, -0.25) is 4.79 Å². The molecule has 1 saturated heterocycles. The van der Waals surface area contributed by atoms with Crippen LogP contribution >= 0.6 is 24.0 Å². The van der Waals surface area contributed by atoms with E-state index in [1.165, 1.54) is 6.07 Å². The summed E-state index contributed by atoms with van der Waals surface area (Å²) in [4.78, 5) is 11.7. The molecule has 1 heterocycles. The SMILES string of the molecule is CC(NC(=O)C1CNC1)c1c(F)cccc1Cl.Cl. The number of hydrogen-bond donors (Lipinski definition) is 2. The maximum absolute atomic E-state index is 13.6. The van der Waals surface area contributed by atoms with Gasteiger partial charge in [0.1, 0.15) is 5.82 Å². The molecule has 1 fully saturated rings. The number of amides is 1. The Labute approximate surface area is 116 Å². The molecule has 1 aromatic rings. The second-order valence-corrected chi connectivity index (χ2v) is 4.63. The van der Waals surface area contributed by atoms with E-state index in [1.807, 2.05) is 0 Å². The van der Waals surface area contributed by atoms with Crippen LogP contribution < -0.4 is 10.6 Å². The van der Waals surface area contributed by atoms with E-state index in [4.69, 9.17) is 11.6 Å². The van der Waals surface area contributed by atoms with Crippen molar-refractivity contribution in [2.24, 2.45) is 5.92 Å². The molecule has 3 nitrogen and oxygen atoms in total. The summed E-state index contributed by atoms with van der Waals surface area (Å²) in [5, 5.41) is 6.13. The van der Waals surface area contributed by atoms with E-state index in [1.54, 1.807) is 19.1 Å². The molecule has 0 bridgehead atoms. The van der Waals surface area contributed by atoms with Crippen LogP contribution in [-0.4, -0.2) is 19.0 Å². The molecule has 0 radical (unpaired) electrons. The lowest BCUT2D eigenvalue weighted by Crippen LogP contribution is -2.51. The minimum absolute atomic E-state index is 0. The first-order valence-electron chi connectivity index (χ1n) is 5.54. The lowest BCUT2D eigenvalue weighted by atomic mass is 10.0. The van der Waals surface area contributed by atoms with E-state index in [0.717, 1.165) is 0 Å². The molecular formula is C12H15Cl2FN2O.